The van der Waals surface area contributed by atoms with E-state index in [1.807, 2.05) is 38.1 Å². The second kappa shape index (κ2) is 8.14. The lowest BCUT2D eigenvalue weighted by molar-refractivity contribution is 0.579. The summed E-state index contributed by atoms with van der Waals surface area (Å²) in [6.07, 6.45) is 1.34. The van der Waals surface area contributed by atoms with Crippen molar-refractivity contribution in [2.45, 2.75) is 37.6 Å². The summed E-state index contributed by atoms with van der Waals surface area (Å²) in [6, 6.07) is 12.4. The quantitative estimate of drug-likeness (QED) is 0.577. The number of sulfonamides is 1. The first-order valence-corrected chi connectivity index (χ1v) is 11.4. The normalized spacial score (nSPS) is 12.1. The molecule has 0 radical (unpaired) electrons. The molecule has 0 spiro atoms. The Hall–Kier alpha value is -1.67. The van der Waals surface area contributed by atoms with Crippen LogP contribution in [0.25, 0.3) is 10.2 Å². The van der Waals surface area contributed by atoms with E-state index in [9.17, 15) is 13.2 Å². The Labute approximate surface area is 167 Å². The minimum absolute atomic E-state index is 0.0247. The van der Waals surface area contributed by atoms with Crippen LogP contribution in [0.15, 0.2) is 52.2 Å². The van der Waals surface area contributed by atoms with Crippen molar-refractivity contribution in [2.24, 2.45) is 0 Å². The number of nitrogens with one attached hydrogen (secondary N) is 1. The molecule has 1 aromatic heterocycles. The monoisotopic (exact) mass is 424 g/mol. The highest BCUT2D eigenvalue weighted by Crippen LogP contribution is 2.24. The summed E-state index contributed by atoms with van der Waals surface area (Å²) in [7, 11) is -3.63. The molecule has 3 aromatic rings. The van der Waals surface area contributed by atoms with E-state index in [0.29, 0.717) is 29.1 Å². The van der Waals surface area contributed by atoms with Gasteiger partial charge in [-0.05, 0) is 56.5 Å². The Balaban J connectivity index is 1.71. The third-order valence-electron chi connectivity index (χ3n) is 4.28. The van der Waals surface area contributed by atoms with Crippen molar-refractivity contribution in [1.82, 2.24) is 9.29 Å². The topological polar surface area (TPSA) is 68.2 Å². The van der Waals surface area contributed by atoms with Gasteiger partial charge in [0.05, 0.1) is 15.1 Å². The molecule has 1 N–H and O–H groups in total. The molecule has 2 aromatic carbocycles. The van der Waals surface area contributed by atoms with Crippen molar-refractivity contribution < 1.29 is 8.42 Å². The molecule has 8 heteroatoms. The highest BCUT2D eigenvalue weighted by molar-refractivity contribution is 7.89. The standard InChI is InChI=1S/C19H21ClN2O3S2/c1-13(2)22-17-10-9-15(12-18(17)26-19(22)23)27(24,25)21-11-5-7-14-6-3-4-8-16(14)20/h3-4,6,8-10,12-13,21H,5,7,11H2,1-2H3. The van der Waals surface area contributed by atoms with E-state index in [-0.39, 0.29) is 15.8 Å². The van der Waals surface area contributed by atoms with Gasteiger partial charge in [0.2, 0.25) is 10.0 Å². The van der Waals surface area contributed by atoms with Crippen LogP contribution in [0.5, 0.6) is 0 Å². The zero-order valence-electron chi connectivity index (χ0n) is 15.1. The predicted octanol–water partition coefficient (Wildman–Crippen LogP) is 4.21. The van der Waals surface area contributed by atoms with E-state index >= 15 is 0 Å². The van der Waals surface area contributed by atoms with Crippen molar-refractivity contribution in [3.8, 4) is 0 Å². The summed E-state index contributed by atoms with van der Waals surface area (Å²) in [5.41, 5.74) is 1.76. The van der Waals surface area contributed by atoms with Gasteiger partial charge in [0.25, 0.3) is 0 Å². The van der Waals surface area contributed by atoms with Crippen LogP contribution in [-0.4, -0.2) is 19.5 Å². The molecule has 27 heavy (non-hydrogen) atoms. The zero-order chi connectivity index (χ0) is 19.6. The van der Waals surface area contributed by atoms with Crippen LogP contribution in [0.3, 0.4) is 0 Å². The third kappa shape index (κ3) is 4.43. The fourth-order valence-electron chi connectivity index (χ4n) is 2.94. The highest BCUT2D eigenvalue weighted by Gasteiger charge is 2.17. The zero-order valence-corrected chi connectivity index (χ0v) is 17.5. The summed E-state index contributed by atoms with van der Waals surface area (Å²) in [5, 5.41) is 0.690. The number of aromatic nitrogens is 1. The Morgan fingerprint density at radius 1 is 1.19 bits per heavy atom. The number of thiazole rings is 1. The van der Waals surface area contributed by atoms with Crippen LogP contribution in [0, 0.1) is 0 Å². The summed E-state index contributed by atoms with van der Waals surface area (Å²) in [6.45, 7) is 4.17. The van der Waals surface area contributed by atoms with Crippen molar-refractivity contribution >= 4 is 43.2 Å². The molecule has 0 aliphatic heterocycles. The van der Waals surface area contributed by atoms with Crippen molar-refractivity contribution in [1.29, 1.82) is 0 Å². The number of halogens is 1. The summed E-state index contributed by atoms with van der Waals surface area (Å²) >= 11 is 7.18. The van der Waals surface area contributed by atoms with Gasteiger partial charge in [-0.3, -0.25) is 9.36 Å². The molecule has 5 nitrogen and oxygen atoms in total. The molecule has 3 rings (SSSR count). The largest absolute Gasteiger partial charge is 0.308 e. The first-order chi connectivity index (χ1) is 12.8. The molecule has 0 atom stereocenters. The molecular weight excluding hydrogens is 404 g/mol. The summed E-state index contributed by atoms with van der Waals surface area (Å²) < 4.78 is 30.1. The van der Waals surface area contributed by atoms with Crippen LogP contribution < -0.4 is 9.60 Å². The van der Waals surface area contributed by atoms with E-state index in [1.54, 1.807) is 22.8 Å². The molecular formula is C19H21ClN2O3S2. The molecule has 0 fully saturated rings. The Morgan fingerprint density at radius 3 is 2.63 bits per heavy atom. The van der Waals surface area contributed by atoms with Crippen LogP contribution in [0.1, 0.15) is 31.9 Å². The number of nitrogens with zero attached hydrogens (tertiary/aromatic N) is 1. The van der Waals surface area contributed by atoms with Gasteiger partial charge in [-0.15, -0.1) is 0 Å². The first-order valence-electron chi connectivity index (χ1n) is 8.68. The molecule has 0 bridgehead atoms. The lowest BCUT2D eigenvalue weighted by atomic mass is 10.1. The maximum absolute atomic E-state index is 12.6. The molecule has 0 amide bonds. The van der Waals surface area contributed by atoms with Gasteiger partial charge < -0.3 is 0 Å². The van der Waals surface area contributed by atoms with Crippen molar-refractivity contribution in [3.05, 3.63) is 62.7 Å². The number of aryl methyl sites for hydroxylation is 1. The van der Waals surface area contributed by atoms with Gasteiger partial charge in [0.15, 0.2) is 0 Å². The summed E-state index contributed by atoms with van der Waals surface area (Å²) in [5.74, 6) is 0. The Morgan fingerprint density at radius 2 is 1.93 bits per heavy atom. The lowest BCUT2D eigenvalue weighted by Gasteiger charge is -2.09. The minimum atomic E-state index is -3.63. The van der Waals surface area contributed by atoms with Gasteiger partial charge in [-0.1, -0.05) is 41.1 Å². The van der Waals surface area contributed by atoms with Crippen molar-refractivity contribution in [3.63, 3.8) is 0 Å². The maximum atomic E-state index is 12.6. The number of hydrogen-bond donors (Lipinski definition) is 1. The molecule has 0 saturated heterocycles. The average Bonchev–Trinajstić information content (AvgIpc) is 2.95. The number of rotatable bonds is 7. The Bertz CT molecular complexity index is 1120. The SMILES string of the molecule is CC(C)n1c(=O)sc2cc(S(=O)(=O)NCCCc3ccccc3Cl)ccc21. The van der Waals surface area contributed by atoms with Crippen LogP contribution in [0.2, 0.25) is 5.02 Å². The minimum Gasteiger partial charge on any atom is -0.296 e. The molecule has 0 aliphatic rings. The van der Waals surface area contributed by atoms with Crippen LogP contribution in [-0.2, 0) is 16.4 Å². The lowest BCUT2D eigenvalue weighted by Crippen LogP contribution is -2.25. The first kappa shape index (κ1) is 20.1. The van der Waals surface area contributed by atoms with E-state index in [0.717, 1.165) is 22.4 Å². The smallest absolute Gasteiger partial charge is 0.296 e. The maximum Gasteiger partial charge on any atom is 0.308 e. The van der Waals surface area contributed by atoms with E-state index in [4.69, 9.17) is 11.6 Å². The number of hydrogen-bond acceptors (Lipinski definition) is 4. The van der Waals surface area contributed by atoms with E-state index in [1.165, 1.54) is 0 Å². The number of fused-ring (bicyclic) bond motifs is 1. The van der Waals surface area contributed by atoms with E-state index in [2.05, 4.69) is 4.72 Å². The molecule has 0 aliphatic carbocycles. The molecule has 1 heterocycles. The number of benzene rings is 2. The van der Waals surface area contributed by atoms with Crippen LogP contribution >= 0.6 is 22.9 Å². The second-order valence-corrected chi connectivity index (χ2v) is 9.72. The van der Waals surface area contributed by atoms with Gasteiger partial charge >= 0.3 is 4.87 Å². The van der Waals surface area contributed by atoms with Gasteiger partial charge in [0, 0.05) is 17.6 Å². The Kier molecular flexibility index (Phi) is 6.05. The summed E-state index contributed by atoms with van der Waals surface area (Å²) in [4.78, 5) is 12.2. The third-order valence-corrected chi connectivity index (χ3v) is 7.03. The molecule has 0 unspecified atom stereocenters. The predicted molar refractivity (Wildman–Crippen MR) is 111 cm³/mol. The fraction of sp³-hybridized carbons (Fsp3) is 0.316. The second-order valence-electron chi connectivity index (χ2n) is 6.55. The molecule has 144 valence electrons. The molecule has 0 saturated carbocycles. The van der Waals surface area contributed by atoms with Gasteiger partial charge in [0.1, 0.15) is 0 Å². The van der Waals surface area contributed by atoms with Gasteiger partial charge in [-0.2, -0.15) is 0 Å². The van der Waals surface area contributed by atoms with Gasteiger partial charge in [-0.25, -0.2) is 13.1 Å². The fourth-order valence-corrected chi connectivity index (χ4v) is 5.40. The van der Waals surface area contributed by atoms with Crippen LogP contribution in [0.4, 0.5) is 0 Å². The van der Waals surface area contributed by atoms with E-state index < -0.39 is 10.0 Å². The van der Waals surface area contributed by atoms with Crippen molar-refractivity contribution in [2.75, 3.05) is 6.54 Å². The highest BCUT2D eigenvalue weighted by atomic mass is 35.5. The average molecular weight is 425 g/mol.